The third kappa shape index (κ3) is 3.86. The molecule has 1 aromatic carbocycles. The maximum atomic E-state index is 12.6. The summed E-state index contributed by atoms with van der Waals surface area (Å²) < 4.78 is 0. The highest BCUT2D eigenvalue weighted by atomic mass is 16.2. The van der Waals surface area contributed by atoms with Gasteiger partial charge in [0.15, 0.2) is 5.78 Å². The summed E-state index contributed by atoms with van der Waals surface area (Å²) in [6.07, 6.45) is 3.90. The van der Waals surface area contributed by atoms with Gasteiger partial charge in [0, 0.05) is 18.4 Å². The average Bonchev–Trinajstić information content (AvgIpc) is 2.86. The zero-order valence-corrected chi connectivity index (χ0v) is 15.8. The lowest BCUT2D eigenvalue weighted by molar-refractivity contribution is -0.139. The maximum absolute atomic E-state index is 12.6. The summed E-state index contributed by atoms with van der Waals surface area (Å²) in [5, 5.41) is 3.51. The van der Waals surface area contributed by atoms with Crippen LogP contribution in [0, 0.1) is 13.8 Å². The van der Waals surface area contributed by atoms with Gasteiger partial charge >= 0.3 is 6.03 Å². The number of carbonyl (C=O) groups excluding carboxylic acids is 4. The first kappa shape index (κ1) is 19.1. The summed E-state index contributed by atoms with van der Waals surface area (Å²) >= 11 is 0. The summed E-state index contributed by atoms with van der Waals surface area (Å²) in [5.41, 5.74) is 3.92. The van der Waals surface area contributed by atoms with E-state index in [9.17, 15) is 19.2 Å². The third-order valence-electron chi connectivity index (χ3n) is 5.38. The minimum atomic E-state index is -0.878. The molecule has 1 heterocycles. The fraction of sp³-hybridized carbons (Fsp3) is 0.500. The summed E-state index contributed by atoms with van der Waals surface area (Å²) in [5.74, 6) is -1.06. The Balaban J connectivity index is 1.58. The van der Waals surface area contributed by atoms with Crippen molar-refractivity contribution in [3.63, 3.8) is 0 Å². The number of Topliss-reactive ketones (excluding diaryl/α,β-unsaturated/α-hetero) is 1. The second-order valence-corrected chi connectivity index (χ2v) is 7.49. The van der Waals surface area contributed by atoms with Crippen molar-refractivity contribution >= 4 is 23.6 Å². The van der Waals surface area contributed by atoms with Crippen LogP contribution in [0.1, 0.15) is 66.4 Å². The molecule has 1 saturated carbocycles. The number of hydrogen-bond acceptors (Lipinski definition) is 4. The number of ketones is 1. The van der Waals surface area contributed by atoms with E-state index in [0.29, 0.717) is 18.4 Å². The molecule has 0 aromatic heterocycles. The molecule has 1 aliphatic carbocycles. The second kappa shape index (κ2) is 7.50. The molecule has 1 aromatic rings. The van der Waals surface area contributed by atoms with Gasteiger partial charge in [0.05, 0.1) is 0 Å². The number of amides is 4. The molecule has 0 bridgehead atoms. The normalized spacial score (nSPS) is 18.5. The first-order chi connectivity index (χ1) is 12.8. The number of aryl methyl sites for hydroxylation is 2. The van der Waals surface area contributed by atoms with Crippen molar-refractivity contribution in [2.45, 2.75) is 64.3 Å². The molecule has 4 amide bonds. The fourth-order valence-electron chi connectivity index (χ4n) is 3.79. The smallest absolute Gasteiger partial charge is 0.322 e. The Morgan fingerprint density at radius 1 is 1.11 bits per heavy atom. The molecule has 27 heavy (non-hydrogen) atoms. The number of hydrazine groups is 1. The lowest BCUT2D eigenvalue weighted by Gasteiger charge is -2.30. The van der Waals surface area contributed by atoms with Crippen LogP contribution in [0.4, 0.5) is 4.79 Å². The largest absolute Gasteiger partial charge is 0.344 e. The predicted molar refractivity (Wildman–Crippen MR) is 98.8 cm³/mol. The summed E-state index contributed by atoms with van der Waals surface area (Å²) in [6, 6.07) is 5.01. The van der Waals surface area contributed by atoms with E-state index >= 15 is 0 Å². The zero-order chi connectivity index (χ0) is 19.6. The Bertz CT molecular complexity index is 796. The lowest BCUT2D eigenvalue weighted by Crippen LogP contribution is -2.50. The van der Waals surface area contributed by atoms with E-state index in [1.165, 1.54) is 0 Å². The van der Waals surface area contributed by atoms with Crippen molar-refractivity contribution in [2.75, 3.05) is 0 Å². The molecule has 3 rings (SSSR count). The van der Waals surface area contributed by atoms with Gasteiger partial charge in [-0.3, -0.25) is 19.8 Å². The van der Waals surface area contributed by atoms with E-state index < -0.39 is 23.4 Å². The monoisotopic (exact) mass is 371 g/mol. The molecule has 2 N–H and O–H groups in total. The van der Waals surface area contributed by atoms with Gasteiger partial charge in [0.25, 0.3) is 5.91 Å². The second-order valence-electron chi connectivity index (χ2n) is 7.49. The number of imide groups is 1. The maximum Gasteiger partial charge on any atom is 0.344 e. The summed E-state index contributed by atoms with van der Waals surface area (Å²) in [7, 11) is 0. The number of carbonyl (C=O) groups is 4. The van der Waals surface area contributed by atoms with Crippen molar-refractivity contribution in [2.24, 2.45) is 0 Å². The number of hydrogen-bond donors (Lipinski definition) is 2. The zero-order valence-electron chi connectivity index (χ0n) is 15.8. The van der Waals surface area contributed by atoms with E-state index in [1.807, 2.05) is 26.0 Å². The van der Waals surface area contributed by atoms with Crippen LogP contribution in [-0.2, 0) is 9.59 Å². The fourth-order valence-corrected chi connectivity index (χ4v) is 3.79. The van der Waals surface area contributed by atoms with E-state index in [4.69, 9.17) is 0 Å². The molecule has 0 unspecified atom stereocenters. The van der Waals surface area contributed by atoms with E-state index in [1.54, 1.807) is 6.07 Å². The molecule has 1 aliphatic heterocycles. The highest BCUT2D eigenvalue weighted by Crippen LogP contribution is 2.33. The SMILES string of the molecule is Cc1ccc(C)c(C(=O)CCC(=O)NN2C(=O)NC3(CCCCC3)C2=O)c1. The molecule has 144 valence electrons. The van der Waals surface area contributed by atoms with Crippen LogP contribution in [0.25, 0.3) is 0 Å². The Morgan fingerprint density at radius 2 is 1.81 bits per heavy atom. The molecule has 0 radical (unpaired) electrons. The van der Waals surface area contributed by atoms with Crippen molar-refractivity contribution < 1.29 is 19.2 Å². The standard InChI is InChI=1S/C20H25N3O4/c1-13-6-7-14(2)15(12-13)16(24)8-9-17(25)22-23-18(26)20(21-19(23)27)10-4-3-5-11-20/h6-7,12H,3-5,8-11H2,1-2H3,(H,21,27)(H,22,25). The molecule has 2 fully saturated rings. The first-order valence-corrected chi connectivity index (χ1v) is 9.39. The van der Waals surface area contributed by atoms with Gasteiger partial charge in [0.1, 0.15) is 5.54 Å². The number of rotatable bonds is 5. The van der Waals surface area contributed by atoms with Crippen LogP contribution in [0.15, 0.2) is 18.2 Å². The Labute approximate surface area is 158 Å². The van der Waals surface area contributed by atoms with Crippen molar-refractivity contribution in [3.05, 3.63) is 34.9 Å². The molecule has 2 aliphatic rings. The Morgan fingerprint density at radius 3 is 2.52 bits per heavy atom. The molecule has 1 saturated heterocycles. The van der Waals surface area contributed by atoms with Gasteiger partial charge in [-0.2, -0.15) is 5.01 Å². The number of urea groups is 1. The van der Waals surface area contributed by atoms with E-state index in [0.717, 1.165) is 35.4 Å². The van der Waals surface area contributed by atoms with Gasteiger partial charge in [-0.15, -0.1) is 0 Å². The topological polar surface area (TPSA) is 95.6 Å². The molecule has 7 nitrogen and oxygen atoms in total. The quantitative estimate of drug-likeness (QED) is 0.614. The average molecular weight is 371 g/mol. The van der Waals surface area contributed by atoms with Gasteiger partial charge in [-0.25, -0.2) is 4.79 Å². The minimum absolute atomic E-state index is 0.0188. The van der Waals surface area contributed by atoms with Crippen molar-refractivity contribution in [1.82, 2.24) is 15.8 Å². The third-order valence-corrected chi connectivity index (χ3v) is 5.38. The van der Waals surface area contributed by atoms with Gasteiger partial charge < -0.3 is 5.32 Å². The van der Waals surface area contributed by atoms with Crippen LogP contribution < -0.4 is 10.7 Å². The van der Waals surface area contributed by atoms with Crippen LogP contribution in [0.2, 0.25) is 0 Å². The highest BCUT2D eigenvalue weighted by molar-refractivity contribution is 6.08. The number of nitrogens with one attached hydrogen (secondary N) is 2. The van der Waals surface area contributed by atoms with Crippen LogP contribution in [-0.4, -0.2) is 34.2 Å². The lowest BCUT2D eigenvalue weighted by atomic mass is 9.82. The summed E-state index contributed by atoms with van der Waals surface area (Å²) in [4.78, 5) is 49.4. The molecule has 7 heteroatoms. The highest BCUT2D eigenvalue weighted by Gasteiger charge is 2.52. The summed E-state index contributed by atoms with van der Waals surface area (Å²) in [6.45, 7) is 3.76. The molecule has 1 spiro atoms. The Hall–Kier alpha value is -2.70. The van der Waals surface area contributed by atoms with E-state index in [2.05, 4.69) is 10.7 Å². The predicted octanol–water partition coefficient (Wildman–Crippen LogP) is 2.55. The Kier molecular flexibility index (Phi) is 5.30. The van der Waals surface area contributed by atoms with E-state index in [-0.39, 0.29) is 18.6 Å². The minimum Gasteiger partial charge on any atom is -0.322 e. The van der Waals surface area contributed by atoms with Crippen molar-refractivity contribution in [1.29, 1.82) is 0 Å². The van der Waals surface area contributed by atoms with Crippen LogP contribution in [0.5, 0.6) is 0 Å². The van der Waals surface area contributed by atoms with Crippen molar-refractivity contribution in [3.8, 4) is 0 Å². The molecular weight excluding hydrogens is 346 g/mol. The number of benzene rings is 1. The first-order valence-electron chi connectivity index (χ1n) is 9.39. The van der Waals surface area contributed by atoms with Gasteiger partial charge in [0.2, 0.25) is 5.91 Å². The van der Waals surface area contributed by atoms with Crippen LogP contribution >= 0.6 is 0 Å². The van der Waals surface area contributed by atoms with Crippen LogP contribution in [0.3, 0.4) is 0 Å². The van der Waals surface area contributed by atoms with Gasteiger partial charge in [-0.1, -0.05) is 37.0 Å². The van der Waals surface area contributed by atoms with Gasteiger partial charge in [-0.05, 0) is 38.3 Å². The molecule has 0 atom stereocenters. The number of nitrogens with zero attached hydrogens (tertiary/aromatic N) is 1. The molecular formula is C20H25N3O4.